The second-order valence-electron chi connectivity index (χ2n) is 6.47. The Kier molecular flexibility index (Phi) is 5.83. The summed E-state index contributed by atoms with van der Waals surface area (Å²) in [6, 6.07) is 10.3. The average molecular weight is 443 g/mol. The van der Waals surface area contributed by atoms with Gasteiger partial charge in [-0.1, -0.05) is 48.5 Å². The molecule has 2 atom stereocenters. The van der Waals surface area contributed by atoms with Gasteiger partial charge in [-0.2, -0.15) is 25.9 Å². The van der Waals surface area contributed by atoms with Crippen molar-refractivity contribution in [2.24, 2.45) is 0 Å². The molecule has 0 aliphatic carbocycles. The molecule has 0 unspecified atom stereocenters. The Hall–Kier alpha value is -2.96. The highest BCUT2D eigenvalue weighted by Crippen LogP contribution is 2.30. The van der Waals surface area contributed by atoms with E-state index in [1.165, 1.54) is 18.2 Å². The van der Waals surface area contributed by atoms with Crippen molar-refractivity contribution < 1.29 is 36.3 Å². The molecule has 0 bridgehead atoms. The summed E-state index contributed by atoms with van der Waals surface area (Å²) in [6.45, 7) is -0.580. The number of carbonyl (C=O) groups excluding carboxylic acids is 1. The number of nitrogens with one attached hydrogen (secondary N) is 2. The van der Waals surface area contributed by atoms with E-state index in [1.807, 2.05) is 0 Å². The normalized spacial score (nSPS) is 20.0. The maximum atomic E-state index is 12.9. The molecule has 2 aromatic carbocycles. The average Bonchev–Trinajstić information content (AvgIpc) is 2.87. The van der Waals surface area contributed by atoms with Gasteiger partial charge in [-0.25, -0.2) is 4.72 Å². The highest BCUT2D eigenvalue weighted by molar-refractivity contribution is 7.88. The molecule has 0 radical (unpaired) electrons. The largest absolute Gasteiger partial charge is 0.480 e. The first-order valence-corrected chi connectivity index (χ1v) is 9.96. The van der Waals surface area contributed by atoms with Crippen LogP contribution in [0.1, 0.15) is 22.7 Å². The summed E-state index contributed by atoms with van der Waals surface area (Å²) in [5.41, 5.74) is -0.738. The van der Waals surface area contributed by atoms with E-state index in [2.05, 4.69) is 5.32 Å². The molecule has 1 aliphatic heterocycles. The van der Waals surface area contributed by atoms with Crippen LogP contribution in [0.4, 0.5) is 13.2 Å². The quantitative estimate of drug-likeness (QED) is 0.625. The van der Waals surface area contributed by atoms with Crippen LogP contribution < -0.4 is 10.0 Å². The molecule has 8 nitrogen and oxygen atoms in total. The molecular weight excluding hydrogens is 427 g/mol. The molecule has 30 heavy (non-hydrogen) atoms. The predicted molar refractivity (Wildman–Crippen MR) is 97.8 cm³/mol. The van der Waals surface area contributed by atoms with Crippen molar-refractivity contribution in [1.29, 1.82) is 0 Å². The lowest BCUT2D eigenvalue weighted by Crippen LogP contribution is -2.49. The Morgan fingerprint density at radius 2 is 1.83 bits per heavy atom. The number of carbonyl (C=O) groups is 2. The zero-order chi connectivity index (χ0) is 22.1. The summed E-state index contributed by atoms with van der Waals surface area (Å²) >= 11 is 0. The van der Waals surface area contributed by atoms with Crippen molar-refractivity contribution in [3.8, 4) is 0 Å². The van der Waals surface area contributed by atoms with Crippen LogP contribution in [0.25, 0.3) is 0 Å². The van der Waals surface area contributed by atoms with Gasteiger partial charge in [0.05, 0.1) is 5.56 Å². The fraction of sp³-hybridized carbons (Fsp3) is 0.222. The van der Waals surface area contributed by atoms with Gasteiger partial charge in [0, 0.05) is 6.54 Å². The van der Waals surface area contributed by atoms with Gasteiger partial charge in [0.15, 0.2) is 6.17 Å². The highest BCUT2D eigenvalue weighted by atomic mass is 32.2. The number of alkyl halides is 3. The number of rotatable bonds is 6. The van der Waals surface area contributed by atoms with E-state index in [4.69, 9.17) is 0 Å². The standard InChI is InChI=1S/C18H16F3N3O5S/c19-18(20,21)13-8-4-5-11(9-13)10-24-15(16(25)23-30(24,28)29)22-14(17(26)27)12-6-2-1-3-7-12/h1-9,14-15,22H,10H2,(H,23,25)(H,26,27)/t14-,15+/m0/s1. The first-order chi connectivity index (χ1) is 14.0. The Labute approximate surface area is 169 Å². The molecule has 0 aromatic heterocycles. The van der Waals surface area contributed by atoms with Gasteiger partial charge in [-0.05, 0) is 17.2 Å². The number of hydrogen-bond donors (Lipinski definition) is 3. The first-order valence-electron chi connectivity index (χ1n) is 8.52. The Morgan fingerprint density at radius 3 is 2.43 bits per heavy atom. The molecular formula is C18H16F3N3O5S. The van der Waals surface area contributed by atoms with Gasteiger partial charge in [0.1, 0.15) is 6.04 Å². The molecule has 0 spiro atoms. The summed E-state index contributed by atoms with van der Waals surface area (Å²) in [7, 11) is -4.39. The highest BCUT2D eigenvalue weighted by Gasteiger charge is 2.45. The van der Waals surface area contributed by atoms with Crippen LogP contribution in [0.3, 0.4) is 0 Å². The number of carboxylic acid groups (broad SMARTS) is 1. The van der Waals surface area contributed by atoms with E-state index < -0.39 is 52.6 Å². The van der Waals surface area contributed by atoms with Gasteiger partial charge in [-0.3, -0.25) is 14.9 Å². The van der Waals surface area contributed by atoms with Crippen molar-refractivity contribution in [1.82, 2.24) is 14.3 Å². The van der Waals surface area contributed by atoms with Crippen molar-refractivity contribution >= 4 is 22.1 Å². The summed E-state index contributed by atoms with van der Waals surface area (Å²) in [4.78, 5) is 23.9. The summed E-state index contributed by atoms with van der Waals surface area (Å²) in [5.74, 6) is -2.40. The summed E-state index contributed by atoms with van der Waals surface area (Å²) < 4.78 is 65.8. The number of carboxylic acids is 1. The number of halogens is 3. The minimum absolute atomic E-state index is 0.0247. The summed E-state index contributed by atoms with van der Waals surface area (Å²) in [6.07, 6.45) is -6.27. The first kappa shape index (κ1) is 21.7. The predicted octanol–water partition coefficient (Wildman–Crippen LogP) is 1.62. The second-order valence-corrected chi connectivity index (χ2v) is 8.09. The smallest absolute Gasteiger partial charge is 0.416 e. The van der Waals surface area contributed by atoms with Crippen molar-refractivity contribution in [3.05, 3.63) is 71.3 Å². The molecule has 0 saturated carbocycles. The molecule has 2 aromatic rings. The fourth-order valence-corrected chi connectivity index (χ4v) is 4.22. The molecule has 12 heteroatoms. The molecule has 1 fully saturated rings. The van der Waals surface area contributed by atoms with Crippen molar-refractivity contribution in [3.63, 3.8) is 0 Å². The zero-order valence-electron chi connectivity index (χ0n) is 15.1. The number of nitrogens with zero attached hydrogens (tertiary/aromatic N) is 1. The summed E-state index contributed by atoms with van der Waals surface area (Å²) in [5, 5.41) is 12.0. The van der Waals surface area contributed by atoms with Crippen molar-refractivity contribution in [2.75, 3.05) is 0 Å². The van der Waals surface area contributed by atoms with E-state index in [-0.39, 0.29) is 11.1 Å². The van der Waals surface area contributed by atoms with Crippen LogP contribution in [0.15, 0.2) is 54.6 Å². The Bertz CT molecular complexity index is 1060. The molecule has 1 heterocycles. The Balaban J connectivity index is 1.92. The molecule has 160 valence electrons. The Morgan fingerprint density at radius 1 is 1.17 bits per heavy atom. The maximum Gasteiger partial charge on any atom is 0.416 e. The van der Waals surface area contributed by atoms with Crippen LogP contribution in [0.2, 0.25) is 0 Å². The molecule has 1 amide bonds. The number of hydrogen-bond acceptors (Lipinski definition) is 5. The van der Waals surface area contributed by atoms with Gasteiger partial charge in [0.25, 0.3) is 5.91 Å². The maximum absolute atomic E-state index is 12.9. The minimum atomic E-state index is -4.63. The third-order valence-electron chi connectivity index (χ3n) is 4.37. The monoisotopic (exact) mass is 443 g/mol. The topological polar surface area (TPSA) is 116 Å². The van der Waals surface area contributed by atoms with E-state index in [9.17, 15) is 36.3 Å². The van der Waals surface area contributed by atoms with Crippen LogP contribution in [0.5, 0.6) is 0 Å². The molecule has 1 saturated heterocycles. The van der Waals surface area contributed by atoms with Gasteiger partial charge in [-0.15, -0.1) is 0 Å². The zero-order valence-corrected chi connectivity index (χ0v) is 15.9. The molecule has 3 N–H and O–H groups in total. The van der Waals surface area contributed by atoms with E-state index >= 15 is 0 Å². The number of benzene rings is 2. The SMILES string of the molecule is O=C(O)[C@@H](N[C@H]1C(=O)NS(=O)(=O)N1Cc1cccc(C(F)(F)F)c1)c1ccccc1. The van der Waals surface area contributed by atoms with Gasteiger partial charge >= 0.3 is 22.4 Å². The molecule has 1 aliphatic rings. The molecule has 3 rings (SSSR count). The second kappa shape index (κ2) is 8.05. The van der Waals surface area contributed by atoms with E-state index in [0.29, 0.717) is 4.31 Å². The lowest BCUT2D eigenvalue weighted by atomic mass is 10.1. The van der Waals surface area contributed by atoms with Crippen LogP contribution in [-0.2, 0) is 32.5 Å². The lowest BCUT2D eigenvalue weighted by Gasteiger charge is -2.24. The third kappa shape index (κ3) is 4.61. The van der Waals surface area contributed by atoms with E-state index in [0.717, 1.165) is 18.2 Å². The third-order valence-corrected chi connectivity index (χ3v) is 5.79. The number of aliphatic carboxylic acids is 1. The van der Waals surface area contributed by atoms with Gasteiger partial charge in [0.2, 0.25) is 0 Å². The lowest BCUT2D eigenvalue weighted by molar-refractivity contribution is -0.140. The minimum Gasteiger partial charge on any atom is -0.480 e. The van der Waals surface area contributed by atoms with E-state index in [1.54, 1.807) is 22.9 Å². The van der Waals surface area contributed by atoms with Crippen molar-refractivity contribution in [2.45, 2.75) is 24.9 Å². The van der Waals surface area contributed by atoms with Gasteiger partial charge < -0.3 is 5.11 Å². The van der Waals surface area contributed by atoms with Crippen LogP contribution in [0, 0.1) is 0 Å². The number of amides is 1. The van der Waals surface area contributed by atoms with Crippen LogP contribution in [-0.4, -0.2) is 35.9 Å². The van der Waals surface area contributed by atoms with Crippen LogP contribution >= 0.6 is 0 Å². The fourth-order valence-electron chi connectivity index (χ4n) is 2.99.